The van der Waals surface area contributed by atoms with E-state index >= 15 is 0 Å². The highest BCUT2D eigenvalue weighted by molar-refractivity contribution is 6.35. The molecule has 0 atom stereocenters. The Morgan fingerprint density at radius 1 is 1.05 bits per heavy atom. The Hall–Kier alpha value is -2.26. The minimum Gasteiger partial charge on any atom is -0.398 e. The summed E-state index contributed by atoms with van der Waals surface area (Å²) in [5, 5.41) is 1.72. The van der Waals surface area contributed by atoms with E-state index in [1.54, 1.807) is 6.20 Å². The normalized spacial score (nSPS) is 13.7. The van der Waals surface area contributed by atoms with Gasteiger partial charge in [0.1, 0.15) is 0 Å². The molecule has 2 N–H and O–H groups in total. The largest absolute Gasteiger partial charge is 0.398 e. The number of nitrogens with two attached hydrogens (primary N) is 1. The third-order valence-electron chi connectivity index (χ3n) is 4.06. The van der Waals surface area contributed by atoms with Gasteiger partial charge in [0.2, 0.25) is 0 Å². The average molecular weight is 296 g/mol. The fourth-order valence-electron chi connectivity index (χ4n) is 3.00. The van der Waals surface area contributed by atoms with Gasteiger partial charge in [-0.2, -0.15) is 0 Å². The minimum atomic E-state index is 0.734. The summed E-state index contributed by atoms with van der Waals surface area (Å²) in [6.07, 6.45) is 1.81. The van der Waals surface area contributed by atoms with Crippen molar-refractivity contribution in [2.24, 2.45) is 0 Å². The Balaban J connectivity index is 1.83. The van der Waals surface area contributed by atoms with Crippen LogP contribution in [0.2, 0.25) is 5.02 Å². The van der Waals surface area contributed by atoms with Crippen LogP contribution in [0.25, 0.3) is 10.9 Å². The molecule has 4 rings (SSSR count). The van der Waals surface area contributed by atoms with E-state index < -0.39 is 0 Å². The lowest BCUT2D eigenvalue weighted by molar-refractivity contribution is 0.884. The molecule has 0 saturated carbocycles. The zero-order chi connectivity index (χ0) is 14.4. The van der Waals surface area contributed by atoms with Crippen LogP contribution in [0.5, 0.6) is 0 Å². The van der Waals surface area contributed by atoms with E-state index in [4.69, 9.17) is 17.3 Å². The smallest absolute Gasteiger partial charge is 0.0950 e. The second-order valence-corrected chi connectivity index (χ2v) is 5.71. The van der Waals surface area contributed by atoms with Gasteiger partial charge in [-0.25, -0.2) is 0 Å². The predicted octanol–water partition coefficient (Wildman–Crippen LogP) is 3.99. The fraction of sp³-hybridized carbons (Fsp3) is 0.118. The highest BCUT2D eigenvalue weighted by atomic mass is 35.5. The topological polar surface area (TPSA) is 42.1 Å². The van der Waals surface area contributed by atoms with Crippen LogP contribution in [0.3, 0.4) is 0 Å². The summed E-state index contributed by atoms with van der Waals surface area (Å²) < 4.78 is 0. The highest BCUT2D eigenvalue weighted by Gasteiger charge is 2.22. The molecule has 0 fully saturated rings. The van der Waals surface area contributed by atoms with Gasteiger partial charge in [-0.15, -0.1) is 0 Å². The predicted molar refractivity (Wildman–Crippen MR) is 87.5 cm³/mol. The van der Waals surface area contributed by atoms with E-state index in [1.165, 1.54) is 11.1 Å². The Kier molecular flexibility index (Phi) is 2.76. The van der Waals surface area contributed by atoms with E-state index in [-0.39, 0.29) is 0 Å². The van der Waals surface area contributed by atoms with Crippen molar-refractivity contribution in [2.45, 2.75) is 13.1 Å². The molecular formula is C17H14ClN3. The molecule has 0 bridgehead atoms. The van der Waals surface area contributed by atoms with Crippen LogP contribution in [0.15, 0.2) is 48.7 Å². The molecule has 21 heavy (non-hydrogen) atoms. The number of anilines is 2. The lowest BCUT2D eigenvalue weighted by Crippen LogP contribution is -2.15. The second-order valence-electron chi connectivity index (χ2n) is 5.31. The number of aromatic nitrogens is 1. The molecule has 104 valence electrons. The number of rotatable bonds is 1. The molecule has 2 heterocycles. The molecule has 0 amide bonds. The van der Waals surface area contributed by atoms with E-state index in [9.17, 15) is 0 Å². The quantitative estimate of drug-likeness (QED) is 0.690. The molecule has 0 aliphatic carbocycles. The van der Waals surface area contributed by atoms with Crippen molar-refractivity contribution in [2.75, 3.05) is 10.6 Å². The molecule has 2 aromatic carbocycles. The number of halogens is 1. The van der Waals surface area contributed by atoms with E-state index in [0.717, 1.165) is 40.4 Å². The summed E-state index contributed by atoms with van der Waals surface area (Å²) in [4.78, 5) is 6.81. The van der Waals surface area contributed by atoms with Crippen LogP contribution < -0.4 is 10.6 Å². The second kappa shape index (κ2) is 4.64. The van der Waals surface area contributed by atoms with Gasteiger partial charge in [0, 0.05) is 30.4 Å². The van der Waals surface area contributed by atoms with Crippen molar-refractivity contribution in [1.29, 1.82) is 0 Å². The molecule has 3 aromatic rings. The van der Waals surface area contributed by atoms with Crippen LogP contribution >= 0.6 is 11.6 Å². The van der Waals surface area contributed by atoms with Crippen molar-refractivity contribution in [3.8, 4) is 0 Å². The number of pyridine rings is 1. The van der Waals surface area contributed by atoms with Crippen molar-refractivity contribution in [3.63, 3.8) is 0 Å². The third-order valence-corrected chi connectivity index (χ3v) is 4.38. The van der Waals surface area contributed by atoms with Gasteiger partial charge in [-0.05, 0) is 41.5 Å². The van der Waals surface area contributed by atoms with E-state index in [0.29, 0.717) is 0 Å². The molecule has 0 saturated heterocycles. The molecule has 0 unspecified atom stereocenters. The Bertz CT molecular complexity index is 845. The first-order valence-corrected chi connectivity index (χ1v) is 7.26. The van der Waals surface area contributed by atoms with Crippen LogP contribution in [-0.2, 0) is 13.1 Å². The number of benzene rings is 2. The van der Waals surface area contributed by atoms with Crippen LogP contribution in [0.1, 0.15) is 11.1 Å². The highest BCUT2D eigenvalue weighted by Crippen LogP contribution is 2.36. The maximum Gasteiger partial charge on any atom is 0.0950 e. The summed E-state index contributed by atoms with van der Waals surface area (Å²) in [5.74, 6) is 0. The molecule has 0 radical (unpaired) electrons. The van der Waals surface area contributed by atoms with Crippen LogP contribution in [0.4, 0.5) is 11.4 Å². The lowest BCUT2D eigenvalue weighted by atomic mass is 10.1. The van der Waals surface area contributed by atoms with Crippen LogP contribution in [-0.4, -0.2) is 4.98 Å². The number of hydrogen-bond donors (Lipinski definition) is 1. The molecule has 1 aliphatic rings. The van der Waals surface area contributed by atoms with Gasteiger partial charge in [0.05, 0.1) is 16.2 Å². The zero-order valence-corrected chi connectivity index (χ0v) is 12.1. The lowest BCUT2D eigenvalue weighted by Gasteiger charge is -2.19. The number of nitrogen functional groups attached to an aromatic ring is 1. The Morgan fingerprint density at radius 3 is 2.81 bits per heavy atom. The van der Waals surface area contributed by atoms with Crippen molar-refractivity contribution in [3.05, 3.63) is 64.8 Å². The Morgan fingerprint density at radius 2 is 1.95 bits per heavy atom. The van der Waals surface area contributed by atoms with Crippen molar-refractivity contribution >= 4 is 33.9 Å². The number of nitrogens with zero attached hydrogens (tertiary/aromatic N) is 2. The summed E-state index contributed by atoms with van der Waals surface area (Å²) >= 11 is 6.27. The maximum atomic E-state index is 6.27. The summed E-state index contributed by atoms with van der Waals surface area (Å²) in [6.45, 7) is 1.67. The standard InChI is InChI=1S/C17H14ClN3/c18-14-6-7-16(17-12(14)4-2-8-20-17)21-9-11-3-1-5-15(19)13(11)10-21/h1-8H,9-10,19H2. The average Bonchev–Trinajstić information content (AvgIpc) is 2.93. The Labute approximate surface area is 128 Å². The molecule has 1 aliphatic heterocycles. The van der Waals surface area contributed by atoms with Crippen molar-refractivity contribution in [1.82, 2.24) is 4.98 Å². The van der Waals surface area contributed by atoms with E-state index in [1.807, 2.05) is 36.4 Å². The SMILES string of the molecule is Nc1cccc2c1CN(c1ccc(Cl)c3cccnc13)C2. The van der Waals surface area contributed by atoms with Gasteiger partial charge in [-0.1, -0.05) is 23.7 Å². The minimum absolute atomic E-state index is 0.734. The van der Waals surface area contributed by atoms with Gasteiger partial charge in [0.25, 0.3) is 0 Å². The fourth-order valence-corrected chi connectivity index (χ4v) is 3.21. The van der Waals surface area contributed by atoms with Gasteiger partial charge in [-0.3, -0.25) is 4.98 Å². The first kappa shape index (κ1) is 12.5. The monoisotopic (exact) mass is 295 g/mol. The third kappa shape index (κ3) is 1.93. The first-order valence-electron chi connectivity index (χ1n) is 6.88. The molecule has 0 spiro atoms. The molecule has 1 aromatic heterocycles. The first-order chi connectivity index (χ1) is 10.2. The van der Waals surface area contributed by atoms with Gasteiger partial charge in [0.15, 0.2) is 0 Å². The maximum absolute atomic E-state index is 6.27. The molecular weight excluding hydrogens is 282 g/mol. The molecule has 4 heteroatoms. The summed E-state index contributed by atoms with van der Waals surface area (Å²) in [5.41, 5.74) is 11.5. The van der Waals surface area contributed by atoms with Gasteiger partial charge >= 0.3 is 0 Å². The number of fused-ring (bicyclic) bond motifs is 2. The molecule has 3 nitrogen and oxygen atoms in total. The summed E-state index contributed by atoms with van der Waals surface area (Å²) in [6, 6.07) is 14.0. The van der Waals surface area contributed by atoms with E-state index in [2.05, 4.69) is 16.0 Å². The van der Waals surface area contributed by atoms with Crippen LogP contribution in [0, 0.1) is 0 Å². The zero-order valence-electron chi connectivity index (χ0n) is 11.4. The summed E-state index contributed by atoms with van der Waals surface area (Å²) in [7, 11) is 0. The number of hydrogen-bond acceptors (Lipinski definition) is 3. The van der Waals surface area contributed by atoms with Crippen molar-refractivity contribution < 1.29 is 0 Å². The van der Waals surface area contributed by atoms with Gasteiger partial charge < -0.3 is 10.6 Å².